The monoisotopic (exact) mass is 730 g/mol. The van der Waals surface area contributed by atoms with Gasteiger partial charge in [0.1, 0.15) is 0 Å². The predicted octanol–water partition coefficient (Wildman–Crippen LogP) is 12.3. The molecule has 0 unspecified atom stereocenters. The van der Waals surface area contributed by atoms with Gasteiger partial charge in [0, 0.05) is 0 Å². The van der Waals surface area contributed by atoms with E-state index < -0.39 is 36.4 Å². The number of halogens is 2. The summed E-state index contributed by atoms with van der Waals surface area (Å²) < 4.78 is 46.4. The summed E-state index contributed by atoms with van der Waals surface area (Å²) in [5, 5.41) is 0. The molecule has 0 atom stereocenters. The van der Waals surface area contributed by atoms with Crippen molar-refractivity contribution < 1.29 is 15.3 Å². The second-order valence-electron chi connectivity index (χ2n) is 12.0. The van der Waals surface area contributed by atoms with Crippen molar-refractivity contribution in [3.05, 3.63) is 66.8 Å². The van der Waals surface area contributed by atoms with Crippen molar-refractivity contribution in [3.8, 4) is 0 Å². The van der Waals surface area contributed by atoms with E-state index in [1.165, 1.54) is 116 Å². The van der Waals surface area contributed by atoms with Gasteiger partial charge in [-0.15, -0.1) is 0 Å². The number of aryl methyl sites for hydroxylation is 2. The molecule has 0 saturated carbocycles. The van der Waals surface area contributed by atoms with Crippen molar-refractivity contribution in [3.63, 3.8) is 0 Å². The molecule has 0 amide bonds. The first-order chi connectivity index (χ1) is 21.0. The Bertz CT molecular complexity index is 1010. The minimum Gasteiger partial charge on any atom is -0.0654 e. The summed E-state index contributed by atoms with van der Waals surface area (Å²) >= 11 is -2.90. The molecule has 0 aromatic heterocycles. The van der Waals surface area contributed by atoms with Gasteiger partial charge in [-0.3, -0.25) is 0 Å². The SMILES string of the molecule is CCCCCCCCCCCCc1ccccc1I(OS(=O)(=O)CF)c1ccccc1CCCCCCCCCCCC. The first kappa shape index (κ1) is 38.2. The van der Waals surface area contributed by atoms with Crippen LogP contribution in [0.25, 0.3) is 0 Å². The molecular formula is C37H60FIO3S. The van der Waals surface area contributed by atoms with Crippen molar-refractivity contribution >= 4 is 30.4 Å². The topological polar surface area (TPSA) is 43.4 Å². The Hall–Kier alpha value is -0.990. The Balaban J connectivity index is 1.99. The first-order valence-electron chi connectivity index (χ1n) is 17.4. The van der Waals surface area contributed by atoms with Crippen LogP contribution in [0.5, 0.6) is 0 Å². The van der Waals surface area contributed by atoms with E-state index in [9.17, 15) is 12.8 Å². The Morgan fingerprint density at radius 3 is 1.21 bits per heavy atom. The van der Waals surface area contributed by atoms with Gasteiger partial charge in [0.05, 0.1) is 0 Å². The summed E-state index contributed by atoms with van der Waals surface area (Å²) in [5.74, 6) is 0. The summed E-state index contributed by atoms with van der Waals surface area (Å²) in [6.45, 7) is 4.51. The summed E-state index contributed by atoms with van der Waals surface area (Å²) in [6.07, 6.45) is 27.4. The molecule has 2 aromatic carbocycles. The molecule has 43 heavy (non-hydrogen) atoms. The van der Waals surface area contributed by atoms with E-state index in [1.807, 2.05) is 36.4 Å². The summed E-state index contributed by atoms with van der Waals surface area (Å²) in [6, 6.07) is 14.8. The van der Waals surface area contributed by atoms with Crippen LogP contribution in [0, 0.1) is 7.14 Å². The van der Waals surface area contributed by atoms with Gasteiger partial charge in [0.2, 0.25) is 0 Å². The van der Waals surface area contributed by atoms with E-state index in [-0.39, 0.29) is 0 Å². The summed E-state index contributed by atoms with van der Waals surface area (Å²) in [5.41, 5.74) is 2.32. The average Bonchev–Trinajstić information content (AvgIpc) is 3.02. The Morgan fingerprint density at radius 1 is 0.535 bits per heavy atom. The van der Waals surface area contributed by atoms with Crippen LogP contribution in [0.15, 0.2) is 48.5 Å². The number of rotatable bonds is 27. The smallest absolute Gasteiger partial charge is 0.0654 e. The minimum atomic E-state index is -4.23. The molecule has 0 N–H and O–H groups in total. The summed E-state index contributed by atoms with van der Waals surface area (Å²) in [4.78, 5) is 0. The van der Waals surface area contributed by atoms with Gasteiger partial charge in [-0.05, 0) is 0 Å². The van der Waals surface area contributed by atoms with Crippen molar-refractivity contribution in [2.75, 3.05) is 6.01 Å². The normalized spacial score (nSPS) is 12.1. The Morgan fingerprint density at radius 2 is 0.860 bits per heavy atom. The number of benzene rings is 2. The van der Waals surface area contributed by atoms with Crippen LogP contribution in [0.4, 0.5) is 4.39 Å². The van der Waals surface area contributed by atoms with Gasteiger partial charge in [0.15, 0.2) is 0 Å². The fraction of sp³-hybridized carbons (Fsp3) is 0.676. The Labute approximate surface area is 272 Å². The molecular weight excluding hydrogens is 670 g/mol. The predicted molar refractivity (Wildman–Crippen MR) is 191 cm³/mol. The number of alkyl halides is 1. The van der Waals surface area contributed by atoms with E-state index in [0.717, 1.165) is 44.0 Å². The Kier molecular flexibility index (Phi) is 21.6. The van der Waals surface area contributed by atoms with Crippen LogP contribution >= 0.6 is 20.2 Å². The standard InChI is InChI=1S/C37H60FIO3S/c1-3-5-7-9-11-13-15-17-19-21-27-34-29-23-25-31-36(34)39(42-43(40,41)33-38)37-32-26-24-30-35(37)28-22-20-18-16-14-12-10-8-6-4-2/h23-26,29-32H,3-22,27-28,33H2,1-2H3. The molecule has 0 spiro atoms. The van der Waals surface area contributed by atoms with Crippen LogP contribution in [0.1, 0.15) is 153 Å². The van der Waals surface area contributed by atoms with Gasteiger partial charge in [-0.2, -0.15) is 0 Å². The number of hydrogen-bond acceptors (Lipinski definition) is 3. The quantitative estimate of drug-likeness (QED) is 0.0679. The molecule has 0 saturated heterocycles. The van der Waals surface area contributed by atoms with Gasteiger partial charge in [-0.1, -0.05) is 26.7 Å². The van der Waals surface area contributed by atoms with E-state index in [0.29, 0.717) is 0 Å². The van der Waals surface area contributed by atoms with Crippen LogP contribution in [0.2, 0.25) is 0 Å². The van der Waals surface area contributed by atoms with Gasteiger partial charge >= 0.3 is 247 Å². The molecule has 0 aliphatic heterocycles. The van der Waals surface area contributed by atoms with E-state index >= 15 is 0 Å². The molecule has 0 aliphatic carbocycles. The third-order valence-electron chi connectivity index (χ3n) is 8.18. The molecule has 246 valence electrons. The van der Waals surface area contributed by atoms with E-state index in [4.69, 9.17) is 2.51 Å². The average molecular weight is 731 g/mol. The summed E-state index contributed by atoms with van der Waals surface area (Å²) in [7, 11) is -4.23. The molecule has 3 nitrogen and oxygen atoms in total. The molecule has 2 aromatic rings. The second kappa shape index (κ2) is 24.3. The second-order valence-corrected chi connectivity index (χ2v) is 18.3. The van der Waals surface area contributed by atoms with Gasteiger partial charge < -0.3 is 0 Å². The molecule has 0 bridgehead atoms. The van der Waals surface area contributed by atoms with Crippen LogP contribution in [-0.4, -0.2) is 14.4 Å². The molecule has 6 heteroatoms. The maximum atomic E-state index is 13.5. The van der Waals surface area contributed by atoms with Crippen LogP contribution in [0.3, 0.4) is 0 Å². The van der Waals surface area contributed by atoms with E-state index in [1.54, 1.807) is 0 Å². The maximum absolute atomic E-state index is 13.5. The first-order valence-corrected chi connectivity index (χ1v) is 22.0. The molecule has 0 heterocycles. The third kappa shape index (κ3) is 16.8. The molecule has 0 aliphatic rings. The fourth-order valence-electron chi connectivity index (χ4n) is 5.63. The molecule has 0 fully saturated rings. The molecule has 2 rings (SSSR count). The van der Waals surface area contributed by atoms with Gasteiger partial charge in [-0.25, -0.2) is 0 Å². The zero-order valence-corrected chi connectivity index (χ0v) is 30.2. The third-order valence-corrected chi connectivity index (χ3v) is 15.7. The van der Waals surface area contributed by atoms with Crippen molar-refractivity contribution in [2.45, 2.75) is 155 Å². The minimum absolute atomic E-state index is 0.903. The van der Waals surface area contributed by atoms with Crippen molar-refractivity contribution in [1.29, 1.82) is 0 Å². The van der Waals surface area contributed by atoms with Crippen LogP contribution < -0.4 is 0 Å². The zero-order chi connectivity index (χ0) is 31.0. The van der Waals surface area contributed by atoms with Crippen molar-refractivity contribution in [2.24, 2.45) is 0 Å². The zero-order valence-electron chi connectivity index (χ0n) is 27.3. The van der Waals surface area contributed by atoms with Crippen molar-refractivity contribution in [1.82, 2.24) is 0 Å². The molecule has 0 radical (unpaired) electrons. The number of unbranched alkanes of at least 4 members (excludes halogenated alkanes) is 18. The number of hydrogen-bond donors (Lipinski definition) is 0. The van der Waals surface area contributed by atoms with Crippen LogP contribution in [-0.2, 0) is 25.5 Å². The van der Waals surface area contributed by atoms with Gasteiger partial charge in [0.25, 0.3) is 0 Å². The fourth-order valence-corrected chi connectivity index (χ4v) is 12.9. The van der Waals surface area contributed by atoms with E-state index in [2.05, 4.69) is 26.0 Å².